The Hall–Kier alpha value is -2.06. The van der Waals surface area contributed by atoms with Crippen LogP contribution in [-0.2, 0) is 6.42 Å². The van der Waals surface area contributed by atoms with Crippen molar-refractivity contribution in [2.75, 3.05) is 6.61 Å². The highest BCUT2D eigenvalue weighted by Gasteiger charge is 2.26. The summed E-state index contributed by atoms with van der Waals surface area (Å²) in [5.74, 6) is 0.320. The molecule has 0 aromatic heterocycles. The van der Waals surface area contributed by atoms with Gasteiger partial charge >= 0.3 is 0 Å². The maximum absolute atomic E-state index is 9.72. The fourth-order valence-corrected chi connectivity index (χ4v) is 3.12. The summed E-state index contributed by atoms with van der Waals surface area (Å²) >= 11 is 0. The van der Waals surface area contributed by atoms with Gasteiger partial charge < -0.3 is 10.8 Å². The molecule has 0 bridgehead atoms. The molecule has 0 aliphatic heterocycles. The molecule has 0 heterocycles. The van der Waals surface area contributed by atoms with Crippen molar-refractivity contribution in [1.29, 1.82) is 0 Å². The summed E-state index contributed by atoms with van der Waals surface area (Å²) in [5, 5.41) is 9.72. The van der Waals surface area contributed by atoms with E-state index in [4.69, 9.17) is 5.73 Å². The average Bonchev–Trinajstić information content (AvgIpc) is 2.57. The Morgan fingerprint density at radius 1 is 1.22 bits per heavy atom. The Labute approximate surface area is 166 Å². The van der Waals surface area contributed by atoms with Crippen LogP contribution in [0.1, 0.15) is 56.9 Å². The van der Waals surface area contributed by atoms with Gasteiger partial charge in [-0.15, -0.1) is 0 Å². The summed E-state index contributed by atoms with van der Waals surface area (Å²) in [6, 6.07) is 4.39. The van der Waals surface area contributed by atoms with Crippen LogP contribution in [0.15, 0.2) is 54.2 Å². The summed E-state index contributed by atoms with van der Waals surface area (Å²) in [7, 11) is 0. The lowest BCUT2D eigenvalue weighted by Gasteiger charge is -2.30. The van der Waals surface area contributed by atoms with Crippen LogP contribution in [0, 0.1) is 25.2 Å². The first kappa shape index (κ1) is 23.0. The molecule has 0 spiro atoms. The highest BCUT2D eigenvalue weighted by molar-refractivity contribution is 5.71. The fraction of sp³-hybridized carbons (Fsp3) is 0.440. The van der Waals surface area contributed by atoms with Gasteiger partial charge in [0.05, 0.1) is 0 Å². The van der Waals surface area contributed by atoms with Crippen LogP contribution in [0.4, 0.5) is 0 Å². The standard InChI is InChI=1S/C25H37NO/c1-10-22(16(2)3)19(6)13-24(26)23-12-18(5)17(4)11-21(23)14-20(7)25(8,9)15-27/h10-13,20,27H,2,6,14-15,26H2,1,3-5,7-9H3/b22-10-,24-13-. The van der Waals surface area contributed by atoms with Gasteiger partial charge in [-0.1, -0.05) is 51.6 Å². The summed E-state index contributed by atoms with van der Waals surface area (Å²) in [4.78, 5) is 0. The molecule has 0 fully saturated rings. The van der Waals surface area contributed by atoms with Crippen molar-refractivity contribution in [1.82, 2.24) is 0 Å². The lowest BCUT2D eigenvalue weighted by molar-refractivity contribution is 0.105. The molecule has 0 saturated heterocycles. The van der Waals surface area contributed by atoms with E-state index in [1.165, 1.54) is 16.7 Å². The van der Waals surface area contributed by atoms with E-state index in [9.17, 15) is 5.11 Å². The summed E-state index contributed by atoms with van der Waals surface area (Å²) in [6.07, 6.45) is 4.82. The largest absolute Gasteiger partial charge is 0.398 e. The molecule has 1 aromatic rings. The van der Waals surface area contributed by atoms with Gasteiger partial charge in [0.25, 0.3) is 0 Å². The Morgan fingerprint density at radius 3 is 2.26 bits per heavy atom. The molecule has 0 amide bonds. The highest BCUT2D eigenvalue weighted by Crippen LogP contribution is 2.32. The Balaban J connectivity index is 3.38. The molecule has 2 heteroatoms. The number of benzene rings is 1. The number of aliphatic hydroxyl groups is 1. The van der Waals surface area contributed by atoms with E-state index in [2.05, 4.69) is 59.9 Å². The van der Waals surface area contributed by atoms with Crippen molar-refractivity contribution in [2.24, 2.45) is 17.1 Å². The molecule has 1 aromatic carbocycles. The normalized spacial score (nSPS) is 14.2. The molecule has 2 nitrogen and oxygen atoms in total. The minimum atomic E-state index is -0.143. The van der Waals surface area contributed by atoms with Gasteiger partial charge in [0, 0.05) is 17.9 Å². The third-order valence-corrected chi connectivity index (χ3v) is 5.72. The number of aryl methyl sites for hydroxylation is 2. The lowest BCUT2D eigenvalue weighted by atomic mass is 9.76. The number of hydrogen-bond acceptors (Lipinski definition) is 2. The zero-order chi connectivity index (χ0) is 20.9. The van der Waals surface area contributed by atoms with Gasteiger partial charge in [0.1, 0.15) is 0 Å². The molecule has 0 aliphatic carbocycles. The van der Waals surface area contributed by atoms with E-state index in [0.717, 1.165) is 28.7 Å². The van der Waals surface area contributed by atoms with Crippen molar-refractivity contribution in [3.8, 4) is 0 Å². The van der Waals surface area contributed by atoms with Crippen molar-refractivity contribution >= 4 is 5.70 Å². The minimum absolute atomic E-state index is 0.143. The topological polar surface area (TPSA) is 46.2 Å². The third-order valence-electron chi connectivity index (χ3n) is 5.72. The molecule has 1 rings (SSSR count). The summed E-state index contributed by atoms with van der Waals surface area (Å²) in [6.45, 7) is 23.0. The third kappa shape index (κ3) is 5.71. The Kier molecular flexibility index (Phi) is 7.86. The highest BCUT2D eigenvalue weighted by atomic mass is 16.3. The second-order valence-corrected chi connectivity index (χ2v) is 8.45. The van der Waals surface area contributed by atoms with E-state index in [1.54, 1.807) is 0 Å². The molecule has 0 aliphatic rings. The summed E-state index contributed by atoms with van der Waals surface area (Å²) < 4.78 is 0. The Morgan fingerprint density at radius 2 is 1.78 bits per heavy atom. The van der Waals surface area contributed by atoms with Crippen LogP contribution in [0.2, 0.25) is 0 Å². The first-order valence-corrected chi connectivity index (χ1v) is 9.64. The second kappa shape index (κ2) is 9.23. The van der Waals surface area contributed by atoms with E-state index in [0.29, 0.717) is 11.6 Å². The van der Waals surface area contributed by atoms with Gasteiger partial charge in [-0.05, 0) is 85.4 Å². The summed E-state index contributed by atoms with van der Waals surface area (Å²) in [5.41, 5.74) is 14.7. The lowest BCUT2D eigenvalue weighted by Crippen LogP contribution is -2.27. The van der Waals surface area contributed by atoms with E-state index in [-0.39, 0.29) is 12.0 Å². The molecule has 1 atom stereocenters. The van der Waals surface area contributed by atoms with Gasteiger partial charge in [0.15, 0.2) is 0 Å². The zero-order valence-electron chi connectivity index (χ0n) is 18.2. The average molecular weight is 368 g/mol. The van der Waals surface area contributed by atoms with E-state index >= 15 is 0 Å². The minimum Gasteiger partial charge on any atom is -0.398 e. The number of aliphatic hydroxyl groups excluding tert-OH is 1. The number of rotatable bonds is 8. The van der Waals surface area contributed by atoms with Crippen molar-refractivity contribution < 1.29 is 5.11 Å². The molecular weight excluding hydrogens is 330 g/mol. The monoisotopic (exact) mass is 367 g/mol. The van der Waals surface area contributed by atoms with Gasteiger partial charge in [-0.3, -0.25) is 0 Å². The van der Waals surface area contributed by atoms with Crippen LogP contribution >= 0.6 is 0 Å². The molecule has 3 N–H and O–H groups in total. The molecule has 27 heavy (non-hydrogen) atoms. The molecular formula is C25H37NO. The smallest absolute Gasteiger partial charge is 0.0484 e. The van der Waals surface area contributed by atoms with Gasteiger partial charge in [-0.25, -0.2) is 0 Å². The van der Waals surface area contributed by atoms with E-state index in [1.807, 2.05) is 26.0 Å². The molecule has 148 valence electrons. The Bertz CT molecular complexity index is 778. The maximum Gasteiger partial charge on any atom is 0.0484 e. The second-order valence-electron chi connectivity index (χ2n) is 8.45. The van der Waals surface area contributed by atoms with Crippen LogP contribution in [0.3, 0.4) is 0 Å². The maximum atomic E-state index is 9.72. The van der Waals surface area contributed by atoms with Gasteiger partial charge in [-0.2, -0.15) is 0 Å². The van der Waals surface area contributed by atoms with Crippen molar-refractivity contribution in [2.45, 2.75) is 54.9 Å². The van der Waals surface area contributed by atoms with Crippen LogP contribution < -0.4 is 5.73 Å². The van der Waals surface area contributed by atoms with Crippen molar-refractivity contribution in [3.63, 3.8) is 0 Å². The van der Waals surface area contributed by atoms with Crippen LogP contribution in [0.25, 0.3) is 5.70 Å². The van der Waals surface area contributed by atoms with Crippen molar-refractivity contribution in [3.05, 3.63) is 76.4 Å². The quantitative estimate of drug-likeness (QED) is 0.564. The van der Waals surface area contributed by atoms with Crippen LogP contribution in [-0.4, -0.2) is 11.7 Å². The number of allylic oxidation sites excluding steroid dienone is 5. The van der Waals surface area contributed by atoms with E-state index < -0.39 is 0 Å². The fourth-order valence-electron chi connectivity index (χ4n) is 3.12. The molecule has 0 saturated carbocycles. The zero-order valence-corrected chi connectivity index (χ0v) is 18.2. The van der Waals surface area contributed by atoms with Gasteiger partial charge in [0.2, 0.25) is 0 Å². The molecule has 0 radical (unpaired) electrons. The van der Waals surface area contributed by atoms with Crippen LogP contribution in [0.5, 0.6) is 0 Å². The first-order chi connectivity index (χ1) is 12.4. The predicted molar refractivity (Wildman–Crippen MR) is 120 cm³/mol. The number of hydrogen-bond donors (Lipinski definition) is 2. The predicted octanol–water partition coefficient (Wildman–Crippen LogP) is 5.88. The first-order valence-electron chi connectivity index (χ1n) is 9.64. The SMILES string of the molecule is C=C(C)/C(=C/C)C(=C)/C=C(\N)c1cc(C)c(C)cc1CC(C)C(C)(C)CO. The number of nitrogens with two attached hydrogens (primary N) is 1. The molecule has 1 unspecified atom stereocenters.